The summed E-state index contributed by atoms with van der Waals surface area (Å²) in [6, 6.07) is 8.68. The minimum atomic E-state index is 0.233. The number of aryl methyl sites for hydroxylation is 1. The van der Waals surface area contributed by atoms with Gasteiger partial charge < -0.3 is 14.7 Å². The van der Waals surface area contributed by atoms with E-state index in [9.17, 15) is 5.11 Å². The van der Waals surface area contributed by atoms with Crippen molar-refractivity contribution >= 4 is 17.9 Å². The molecule has 3 rings (SSSR count). The van der Waals surface area contributed by atoms with Gasteiger partial charge in [0.05, 0.1) is 19.4 Å². The molecular formula is C16H19N5O2. The van der Waals surface area contributed by atoms with Crippen molar-refractivity contribution in [2.75, 3.05) is 36.6 Å². The third kappa shape index (κ3) is 4.17. The molecule has 1 fully saturated rings. The standard InChI is InChI=1S/C16H19N5O2/c1-12-18-15(10-16(19-12)21-6-8-23-9-7-21)20-17-11-13-2-4-14(22)5-3-13/h2-5,10-11,22H,6-9H2,1H3,(H,18,19,20). The van der Waals surface area contributed by atoms with E-state index >= 15 is 0 Å². The van der Waals surface area contributed by atoms with E-state index in [1.807, 2.05) is 13.0 Å². The van der Waals surface area contributed by atoms with Crippen molar-refractivity contribution in [2.24, 2.45) is 5.10 Å². The molecule has 7 nitrogen and oxygen atoms in total. The maximum absolute atomic E-state index is 9.25. The van der Waals surface area contributed by atoms with Crippen LogP contribution in [-0.2, 0) is 4.74 Å². The van der Waals surface area contributed by atoms with Crippen molar-refractivity contribution in [3.05, 3.63) is 41.7 Å². The summed E-state index contributed by atoms with van der Waals surface area (Å²) in [4.78, 5) is 11.0. The van der Waals surface area contributed by atoms with Gasteiger partial charge in [0.15, 0.2) is 5.82 Å². The maximum Gasteiger partial charge on any atom is 0.152 e. The molecule has 2 heterocycles. The molecule has 0 spiro atoms. The second kappa shape index (κ2) is 7.06. The van der Waals surface area contributed by atoms with Gasteiger partial charge in [0.2, 0.25) is 0 Å². The molecule has 120 valence electrons. The topological polar surface area (TPSA) is 82.9 Å². The Morgan fingerprint density at radius 2 is 1.96 bits per heavy atom. The molecule has 0 bridgehead atoms. The number of morpholine rings is 1. The van der Waals surface area contributed by atoms with Crippen molar-refractivity contribution in [3.8, 4) is 5.75 Å². The summed E-state index contributed by atoms with van der Waals surface area (Å²) in [7, 11) is 0. The molecule has 1 saturated heterocycles. The summed E-state index contributed by atoms with van der Waals surface area (Å²) in [6.07, 6.45) is 1.67. The lowest BCUT2D eigenvalue weighted by Gasteiger charge is -2.28. The normalized spacial score (nSPS) is 15.1. The first-order chi connectivity index (χ1) is 11.2. The number of aromatic hydroxyl groups is 1. The van der Waals surface area contributed by atoms with Crippen LogP contribution >= 0.6 is 0 Å². The lowest BCUT2D eigenvalue weighted by atomic mass is 10.2. The van der Waals surface area contributed by atoms with Crippen molar-refractivity contribution in [1.82, 2.24) is 9.97 Å². The summed E-state index contributed by atoms with van der Waals surface area (Å²) >= 11 is 0. The molecule has 0 amide bonds. The number of anilines is 2. The highest BCUT2D eigenvalue weighted by Gasteiger charge is 2.13. The lowest BCUT2D eigenvalue weighted by Crippen LogP contribution is -2.36. The Bertz CT molecular complexity index is 681. The molecule has 23 heavy (non-hydrogen) atoms. The number of phenolic OH excluding ortho intramolecular Hbond substituents is 1. The first-order valence-corrected chi connectivity index (χ1v) is 7.47. The Hall–Kier alpha value is -2.67. The van der Waals surface area contributed by atoms with E-state index in [0.717, 1.165) is 24.5 Å². The molecular weight excluding hydrogens is 294 g/mol. The van der Waals surface area contributed by atoms with Crippen molar-refractivity contribution < 1.29 is 9.84 Å². The highest BCUT2D eigenvalue weighted by atomic mass is 16.5. The number of nitrogens with one attached hydrogen (secondary N) is 1. The highest BCUT2D eigenvalue weighted by Crippen LogP contribution is 2.17. The van der Waals surface area contributed by atoms with Gasteiger partial charge in [-0.05, 0) is 36.8 Å². The van der Waals surface area contributed by atoms with Gasteiger partial charge in [-0.25, -0.2) is 9.97 Å². The number of ether oxygens (including phenoxy) is 1. The molecule has 1 aromatic carbocycles. The number of hydrogen-bond donors (Lipinski definition) is 2. The third-order valence-electron chi connectivity index (χ3n) is 3.45. The largest absolute Gasteiger partial charge is 0.508 e. The molecule has 2 N–H and O–H groups in total. The first-order valence-electron chi connectivity index (χ1n) is 7.47. The van der Waals surface area contributed by atoms with Gasteiger partial charge in [-0.2, -0.15) is 5.10 Å². The monoisotopic (exact) mass is 313 g/mol. The molecule has 0 radical (unpaired) electrons. The fourth-order valence-corrected chi connectivity index (χ4v) is 2.30. The van der Waals surface area contributed by atoms with Crippen LogP contribution in [0.1, 0.15) is 11.4 Å². The SMILES string of the molecule is Cc1nc(NN=Cc2ccc(O)cc2)cc(N2CCOCC2)n1. The van der Waals surface area contributed by atoms with Crippen molar-refractivity contribution in [1.29, 1.82) is 0 Å². The first kappa shape index (κ1) is 15.2. The molecule has 0 saturated carbocycles. The fourth-order valence-electron chi connectivity index (χ4n) is 2.30. The van der Waals surface area contributed by atoms with E-state index in [1.54, 1.807) is 30.5 Å². The number of phenols is 1. The van der Waals surface area contributed by atoms with E-state index in [4.69, 9.17) is 4.74 Å². The van der Waals surface area contributed by atoms with Crippen LogP contribution in [0.5, 0.6) is 5.75 Å². The molecule has 7 heteroatoms. The number of rotatable bonds is 4. The summed E-state index contributed by atoms with van der Waals surface area (Å²) in [5.74, 6) is 2.45. The van der Waals surface area contributed by atoms with Gasteiger partial charge in [0.25, 0.3) is 0 Å². The second-order valence-corrected chi connectivity index (χ2v) is 5.22. The minimum absolute atomic E-state index is 0.233. The predicted molar refractivity (Wildman–Crippen MR) is 89.1 cm³/mol. The smallest absolute Gasteiger partial charge is 0.152 e. The number of hydrazone groups is 1. The van der Waals surface area contributed by atoms with Gasteiger partial charge in [-0.15, -0.1) is 0 Å². The zero-order valence-electron chi connectivity index (χ0n) is 12.9. The lowest BCUT2D eigenvalue weighted by molar-refractivity contribution is 0.122. The molecule has 1 aromatic heterocycles. The van der Waals surface area contributed by atoms with Crippen LogP contribution < -0.4 is 10.3 Å². The van der Waals surface area contributed by atoms with Gasteiger partial charge >= 0.3 is 0 Å². The molecule has 1 aliphatic heterocycles. The van der Waals surface area contributed by atoms with E-state index in [-0.39, 0.29) is 5.75 Å². The fraction of sp³-hybridized carbons (Fsp3) is 0.312. The van der Waals surface area contributed by atoms with Crippen LogP contribution in [-0.4, -0.2) is 47.6 Å². The zero-order chi connectivity index (χ0) is 16.1. The molecule has 0 atom stereocenters. The third-order valence-corrected chi connectivity index (χ3v) is 3.45. The summed E-state index contributed by atoms with van der Waals surface area (Å²) < 4.78 is 5.36. The number of nitrogens with zero attached hydrogens (tertiary/aromatic N) is 4. The summed E-state index contributed by atoms with van der Waals surface area (Å²) in [5, 5.41) is 13.4. The van der Waals surface area contributed by atoms with Gasteiger partial charge in [0.1, 0.15) is 17.4 Å². The van der Waals surface area contributed by atoms with Crippen LogP contribution in [0.2, 0.25) is 0 Å². The van der Waals surface area contributed by atoms with Crippen molar-refractivity contribution in [3.63, 3.8) is 0 Å². The Morgan fingerprint density at radius 3 is 2.70 bits per heavy atom. The van der Waals surface area contributed by atoms with Crippen LogP contribution in [0.3, 0.4) is 0 Å². The Morgan fingerprint density at radius 1 is 1.22 bits per heavy atom. The van der Waals surface area contributed by atoms with E-state index < -0.39 is 0 Å². The van der Waals surface area contributed by atoms with Crippen LogP contribution in [0, 0.1) is 6.92 Å². The number of benzene rings is 1. The molecule has 0 aliphatic carbocycles. The second-order valence-electron chi connectivity index (χ2n) is 5.22. The van der Waals surface area contributed by atoms with Crippen LogP contribution in [0.4, 0.5) is 11.6 Å². The summed E-state index contributed by atoms with van der Waals surface area (Å²) in [6.45, 7) is 4.94. The van der Waals surface area contributed by atoms with Gasteiger partial charge in [-0.3, -0.25) is 5.43 Å². The van der Waals surface area contributed by atoms with E-state index in [0.29, 0.717) is 24.9 Å². The van der Waals surface area contributed by atoms with Crippen LogP contribution in [0.25, 0.3) is 0 Å². The van der Waals surface area contributed by atoms with Crippen molar-refractivity contribution in [2.45, 2.75) is 6.92 Å². The molecule has 0 unspecified atom stereocenters. The Balaban J connectivity index is 1.69. The molecule has 1 aliphatic rings. The summed E-state index contributed by atoms with van der Waals surface area (Å²) in [5.41, 5.74) is 3.81. The average molecular weight is 313 g/mol. The van der Waals surface area contributed by atoms with E-state index in [1.165, 1.54) is 0 Å². The van der Waals surface area contributed by atoms with E-state index in [2.05, 4.69) is 25.4 Å². The van der Waals surface area contributed by atoms with Crippen LogP contribution in [0.15, 0.2) is 35.4 Å². The Labute approximate surface area is 134 Å². The zero-order valence-corrected chi connectivity index (χ0v) is 12.9. The number of aromatic nitrogens is 2. The highest BCUT2D eigenvalue weighted by molar-refractivity contribution is 5.80. The molecule has 2 aromatic rings. The minimum Gasteiger partial charge on any atom is -0.508 e. The van der Waals surface area contributed by atoms with Gasteiger partial charge in [-0.1, -0.05) is 0 Å². The Kier molecular flexibility index (Phi) is 4.68. The number of hydrogen-bond acceptors (Lipinski definition) is 7. The average Bonchev–Trinajstić information content (AvgIpc) is 2.57. The van der Waals surface area contributed by atoms with Gasteiger partial charge in [0, 0.05) is 19.2 Å². The maximum atomic E-state index is 9.25. The predicted octanol–water partition coefficient (Wildman–Crippen LogP) is 1.77. The quantitative estimate of drug-likeness (QED) is 0.661.